The van der Waals surface area contributed by atoms with Gasteiger partial charge in [-0.05, 0) is 29.5 Å². The van der Waals surface area contributed by atoms with E-state index in [9.17, 15) is 9.59 Å². The number of halogens is 1. The molecule has 1 aromatic carbocycles. The Labute approximate surface area is 124 Å². The summed E-state index contributed by atoms with van der Waals surface area (Å²) in [7, 11) is 0. The largest absolute Gasteiger partial charge is 0.353 e. The zero-order valence-corrected chi connectivity index (χ0v) is 11.6. The number of aromatic nitrogens is 4. The topological polar surface area (TPSA) is 93.0 Å². The van der Waals surface area contributed by atoms with Crippen molar-refractivity contribution in [3.63, 3.8) is 0 Å². The number of benzene rings is 1. The molecule has 21 heavy (non-hydrogen) atoms. The van der Waals surface area contributed by atoms with Crippen molar-refractivity contribution in [2.75, 3.05) is 19.6 Å². The minimum atomic E-state index is -0.412. The van der Waals surface area contributed by atoms with Gasteiger partial charge in [-0.1, -0.05) is 11.6 Å². The molecule has 2 amide bonds. The van der Waals surface area contributed by atoms with Crippen LogP contribution >= 0.6 is 11.6 Å². The van der Waals surface area contributed by atoms with Crippen LogP contribution in [0.25, 0.3) is 5.69 Å². The quantitative estimate of drug-likeness (QED) is 0.835. The van der Waals surface area contributed by atoms with Crippen molar-refractivity contribution in [3.05, 3.63) is 35.1 Å². The maximum atomic E-state index is 12.2. The summed E-state index contributed by atoms with van der Waals surface area (Å²) < 4.78 is 0. The van der Waals surface area contributed by atoms with E-state index in [4.69, 9.17) is 11.6 Å². The first kappa shape index (κ1) is 13.5. The number of rotatable bonds is 2. The summed E-state index contributed by atoms with van der Waals surface area (Å²) in [5, 5.41) is 14.9. The third-order valence-electron chi connectivity index (χ3n) is 2.99. The van der Waals surface area contributed by atoms with E-state index in [1.54, 1.807) is 24.3 Å². The maximum Gasteiger partial charge on any atom is 0.296 e. The molecule has 2 aromatic rings. The van der Waals surface area contributed by atoms with Crippen LogP contribution in [0, 0.1) is 0 Å². The van der Waals surface area contributed by atoms with Gasteiger partial charge in [0.05, 0.1) is 5.69 Å². The van der Waals surface area contributed by atoms with Gasteiger partial charge in [-0.25, -0.2) is 0 Å². The van der Waals surface area contributed by atoms with E-state index < -0.39 is 5.91 Å². The maximum absolute atomic E-state index is 12.2. The lowest BCUT2D eigenvalue weighted by Gasteiger charge is -2.25. The predicted molar refractivity (Wildman–Crippen MR) is 73.1 cm³/mol. The molecule has 0 bridgehead atoms. The van der Waals surface area contributed by atoms with Crippen LogP contribution in [0.2, 0.25) is 5.02 Å². The zero-order valence-electron chi connectivity index (χ0n) is 10.9. The monoisotopic (exact) mass is 306 g/mol. The Morgan fingerprint density at radius 2 is 2.05 bits per heavy atom. The highest BCUT2D eigenvalue weighted by Crippen LogP contribution is 2.11. The van der Waals surface area contributed by atoms with Crippen LogP contribution < -0.4 is 5.32 Å². The van der Waals surface area contributed by atoms with Gasteiger partial charge in [0.25, 0.3) is 11.7 Å². The van der Waals surface area contributed by atoms with E-state index in [-0.39, 0.29) is 18.3 Å². The van der Waals surface area contributed by atoms with Crippen molar-refractivity contribution in [3.8, 4) is 5.69 Å². The number of tetrazole rings is 1. The van der Waals surface area contributed by atoms with Crippen LogP contribution in [0.3, 0.4) is 0 Å². The Hall–Kier alpha value is -2.48. The zero-order chi connectivity index (χ0) is 14.8. The van der Waals surface area contributed by atoms with Crippen molar-refractivity contribution in [1.82, 2.24) is 30.4 Å². The van der Waals surface area contributed by atoms with Crippen molar-refractivity contribution in [1.29, 1.82) is 0 Å². The van der Waals surface area contributed by atoms with Crippen LogP contribution in [0.4, 0.5) is 0 Å². The minimum absolute atomic E-state index is 0.00825. The molecule has 0 aliphatic carbocycles. The lowest BCUT2D eigenvalue weighted by Crippen LogP contribution is -2.50. The Kier molecular flexibility index (Phi) is 3.53. The molecule has 0 atom stereocenters. The van der Waals surface area contributed by atoms with E-state index in [0.29, 0.717) is 23.8 Å². The number of piperazine rings is 1. The molecule has 0 spiro atoms. The standard InChI is InChI=1S/C12H11ClN6O2/c13-8-1-3-9(4-2-8)19-16-11(15-17-19)12(21)18-6-5-14-10(20)7-18/h1-4H,5-7H2,(H,14,20). The van der Waals surface area contributed by atoms with Crippen LogP contribution in [-0.2, 0) is 4.79 Å². The normalized spacial score (nSPS) is 14.9. The summed E-state index contributed by atoms with van der Waals surface area (Å²) in [6.07, 6.45) is 0. The Balaban J connectivity index is 1.79. The number of amides is 2. The van der Waals surface area contributed by atoms with Gasteiger partial charge in [-0.15, -0.1) is 15.0 Å². The summed E-state index contributed by atoms with van der Waals surface area (Å²) >= 11 is 5.81. The van der Waals surface area contributed by atoms with Crippen molar-refractivity contribution in [2.45, 2.75) is 0 Å². The summed E-state index contributed by atoms with van der Waals surface area (Å²) in [6, 6.07) is 6.81. The molecule has 1 saturated heterocycles. The SMILES string of the molecule is O=C1CN(C(=O)c2nnn(-c3ccc(Cl)cc3)n2)CCN1. The molecule has 9 heteroatoms. The Morgan fingerprint density at radius 1 is 1.29 bits per heavy atom. The Bertz CT molecular complexity index is 683. The molecule has 8 nitrogen and oxygen atoms in total. The minimum Gasteiger partial charge on any atom is -0.353 e. The summed E-state index contributed by atoms with van der Waals surface area (Å²) in [4.78, 5) is 26.1. The first-order valence-corrected chi connectivity index (χ1v) is 6.63. The van der Waals surface area contributed by atoms with Gasteiger partial charge in [0.2, 0.25) is 5.91 Å². The fourth-order valence-corrected chi connectivity index (χ4v) is 2.06. The average Bonchev–Trinajstić information content (AvgIpc) is 2.97. The molecule has 1 fully saturated rings. The fraction of sp³-hybridized carbons (Fsp3) is 0.250. The lowest BCUT2D eigenvalue weighted by atomic mass is 10.3. The van der Waals surface area contributed by atoms with Crippen LogP contribution in [0.5, 0.6) is 0 Å². The van der Waals surface area contributed by atoms with Gasteiger partial charge in [0, 0.05) is 18.1 Å². The molecular weight excluding hydrogens is 296 g/mol. The van der Waals surface area contributed by atoms with Crippen molar-refractivity contribution >= 4 is 23.4 Å². The van der Waals surface area contributed by atoms with E-state index >= 15 is 0 Å². The molecule has 1 aliphatic heterocycles. The number of carbonyl (C=O) groups is 2. The number of hydrogen-bond donors (Lipinski definition) is 1. The molecular formula is C12H11ClN6O2. The average molecular weight is 307 g/mol. The summed E-state index contributed by atoms with van der Waals surface area (Å²) in [6.45, 7) is 0.865. The third-order valence-corrected chi connectivity index (χ3v) is 3.24. The molecule has 0 saturated carbocycles. The predicted octanol–water partition coefficient (Wildman–Crippen LogP) is -0.112. The van der Waals surface area contributed by atoms with Gasteiger partial charge in [0.15, 0.2) is 0 Å². The molecule has 1 aromatic heterocycles. The van der Waals surface area contributed by atoms with E-state index in [2.05, 4.69) is 20.7 Å². The second kappa shape index (κ2) is 5.49. The lowest BCUT2D eigenvalue weighted by molar-refractivity contribution is -0.123. The number of hydrogen-bond acceptors (Lipinski definition) is 5. The van der Waals surface area contributed by atoms with Gasteiger partial charge in [-0.3, -0.25) is 9.59 Å². The molecule has 108 valence electrons. The first-order valence-electron chi connectivity index (χ1n) is 6.25. The second-order valence-corrected chi connectivity index (χ2v) is 4.89. The van der Waals surface area contributed by atoms with Crippen molar-refractivity contribution in [2.24, 2.45) is 0 Å². The van der Waals surface area contributed by atoms with Gasteiger partial charge in [-0.2, -0.15) is 0 Å². The van der Waals surface area contributed by atoms with Gasteiger partial charge < -0.3 is 10.2 Å². The highest BCUT2D eigenvalue weighted by molar-refractivity contribution is 6.30. The number of carbonyl (C=O) groups excluding carboxylic acids is 2. The van der Waals surface area contributed by atoms with E-state index in [0.717, 1.165) is 0 Å². The van der Waals surface area contributed by atoms with Gasteiger partial charge >= 0.3 is 0 Å². The molecule has 0 unspecified atom stereocenters. The van der Waals surface area contributed by atoms with Crippen LogP contribution in [0.15, 0.2) is 24.3 Å². The van der Waals surface area contributed by atoms with Crippen LogP contribution in [0.1, 0.15) is 10.6 Å². The fourth-order valence-electron chi connectivity index (χ4n) is 1.94. The van der Waals surface area contributed by atoms with E-state index in [1.165, 1.54) is 9.70 Å². The molecule has 1 aliphatic rings. The highest BCUT2D eigenvalue weighted by Gasteiger charge is 2.25. The van der Waals surface area contributed by atoms with Crippen LogP contribution in [-0.4, -0.2) is 56.6 Å². The number of nitrogens with zero attached hydrogens (tertiary/aromatic N) is 5. The highest BCUT2D eigenvalue weighted by atomic mass is 35.5. The van der Waals surface area contributed by atoms with E-state index in [1.807, 2.05) is 0 Å². The van der Waals surface area contributed by atoms with Gasteiger partial charge in [0.1, 0.15) is 6.54 Å². The molecule has 1 N–H and O–H groups in total. The molecule has 2 heterocycles. The molecule has 3 rings (SSSR count). The van der Waals surface area contributed by atoms with Crippen molar-refractivity contribution < 1.29 is 9.59 Å². The molecule has 0 radical (unpaired) electrons. The first-order chi connectivity index (χ1) is 10.1. The summed E-state index contributed by atoms with van der Waals surface area (Å²) in [5.41, 5.74) is 0.641. The summed E-state index contributed by atoms with van der Waals surface area (Å²) in [5.74, 6) is -0.649. The Morgan fingerprint density at radius 3 is 2.76 bits per heavy atom. The second-order valence-electron chi connectivity index (χ2n) is 4.46. The smallest absolute Gasteiger partial charge is 0.296 e. The third kappa shape index (κ3) is 2.84. The number of nitrogens with one attached hydrogen (secondary N) is 1.